The van der Waals surface area contributed by atoms with Crippen LogP contribution in [0, 0.1) is 12.8 Å². The highest BCUT2D eigenvalue weighted by Gasteiger charge is 2.17. The lowest BCUT2D eigenvalue weighted by Gasteiger charge is -2.15. The van der Waals surface area contributed by atoms with E-state index in [1.165, 1.54) is 42.4 Å². The number of benzene rings is 1. The molecule has 2 aromatic rings. The van der Waals surface area contributed by atoms with Crippen LogP contribution in [0.3, 0.4) is 0 Å². The average molecular weight is 274 g/mol. The fourth-order valence-corrected chi connectivity index (χ4v) is 3.97. The topological polar surface area (TPSA) is 24.9 Å². The van der Waals surface area contributed by atoms with E-state index in [2.05, 4.69) is 37.4 Å². The van der Waals surface area contributed by atoms with E-state index in [1.807, 2.05) is 0 Å². The fraction of sp³-hybridized carbons (Fsp3) is 0.562. The van der Waals surface area contributed by atoms with Gasteiger partial charge < -0.3 is 5.32 Å². The molecular weight excluding hydrogens is 252 g/mol. The van der Waals surface area contributed by atoms with E-state index < -0.39 is 0 Å². The van der Waals surface area contributed by atoms with Crippen LogP contribution >= 0.6 is 11.3 Å². The number of thiazole rings is 1. The molecule has 0 bridgehead atoms. The van der Waals surface area contributed by atoms with Crippen LogP contribution in [0.2, 0.25) is 0 Å². The normalized spacial score (nSPS) is 24.3. The van der Waals surface area contributed by atoms with Crippen molar-refractivity contribution in [2.45, 2.75) is 52.0 Å². The van der Waals surface area contributed by atoms with Gasteiger partial charge in [0.1, 0.15) is 0 Å². The second-order valence-electron chi connectivity index (χ2n) is 5.90. The zero-order valence-electron chi connectivity index (χ0n) is 11.8. The molecule has 1 fully saturated rings. The first-order valence-corrected chi connectivity index (χ1v) is 8.16. The maximum atomic E-state index is 4.76. The predicted octanol–water partition coefficient (Wildman–Crippen LogP) is 4.99. The summed E-state index contributed by atoms with van der Waals surface area (Å²) in [4.78, 5) is 4.76. The van der Waals surface area contributed by atoms with Crippen LogP contribution in [-0.4, -0.2) is 11.0 Å². The maximum absolute atomic E-state index is 4.76. The first kappa shape index (κ1) is 12.9. The Labute approximate surface area is 119 Å². The van der Waals surface area contributed by atoms with E-state index in [0.29, 0.717) is 6.04 Å². The summed E-state index contributed by atoms with van der Waals surface area (Å²) in [6.45, 7) is 4.52. The monoisotopic (exact) mass is 274 g/mol. The lowest BCUT2D eigenvalue weighted by atomic mass is 10.0. The van der Waals surface area contributed by atoms with Gasteiger partial charge in [0.2, 0.25) is 0 Å². The van der Waals surface area contributed by atoms with Gasteiger partial charge in [0.25, 0.3) is 0 Å². The molecule has 0 spiro atoms. The number of fused-ring (bicyclic) bond motifs is 1. The van der Waals surface area contributed by atoms with Crippen LogP contribution in [0.4, 0.5) is 5.13 Å². The number of hydrogen-bond acceptors (Lipinski definition) is 3. The molecule has 1 N–H and O–H groups in total. The van der Waals surface area contributed by atoms with E-state index in [-0.39, 0.29) is 0 Å². The number of rotatable bonds is 2. The number of anilines is 1. The summed E-state index contributed by atoms with van der Waals surface area (Å²) in [7, 11) is 0. The van der Waals surface area contributed by atoms with Gasteiger partial charge in [-0.1, -0.05) is 43.2 Å². The minimum atomic E-state index is 0.616. The van der Waals surface area contributed by atoms with Gasteiger partial charge in [0.15, 0.2) is 5.13 Å². The lowest BCUT2D eigenvalue weighted by Crippen LogP contribution is -2.18. The van der Waals surface area contributed by atoms with Crippen LogP contribution in [0.1, 0.15) is 44.6 Å². The fourth-order valence-electron chi connectivity index (χ4n) is 2.95. The Bertz CT molecular complexity index is 561. The summed E-state index contributed by atoms with van der Waals surface area (Å²) in [5, 5.41) is 4.77. The van der Waals surface area contributed by atoms with Crippen molar-refractivity contribution >= 4 is 26.7 Å². The minimum absolute atomic E-state index is 0.616. The Hall–Kier alpha value is -1.09. The number of aromatic nitrogens is 1. The summed E-state index contributed by atoms with van der Waals surface area (Å²) < 4.78 is 1.30. The first-order valence-electron chi connectivity index (χ1n) is 7.35. The predicted molar refractivity (Wildman–Crippen MR) is 84.0 cm³/mol. The molecule has 2 atom stereocenters. The average Bonchev–Trinajstić information content (AvgIpc) is 2.69. The van der Waals surface area contributed by atoms with Crippen molar-refractivity contribution in [1.82, 2.24) is 4.98 Å². The van der Waals surface area contributed by atoms with Crippen LogP contribution in [0.15, 0.2) is 18.2 Å². The molecule has 1 heterocycles. The number of aryl methyl sites for hydroxylation is 1. The van der Waals surface area contributed by atoms with Gasteiger partial charge in [-0.25, -0.2) is 4.98 Å². The Balaban J connectivity index is 1.76. The van der Waals surface area contributed by atoms with Crippen molar-refractivity contribution in [2.75, 3.05) is 5.32 Å². The zero-order chi connectivity index (χ0) is 13.2. The third-order valence-electron chi connectivity index (χ3n) is 4.21. The lowest BCUT2D eigenvalue weighted by molar-refractivity contribution is 0.502. The molecule has 3 heteroatoms. The number of nitrogens with zero attached hydrogens (tertiary/aromatic N) is 1. The first-order chi connectivity index (χ1) is 9.22. The summed E-state index contributed by atoms with van der Waals surface area (Å²) >= 11 is 1.79. The van der Waals surface area contributed by atoms with Gasteiger partial charge in [0.05, 0.1) is 10.2 Å². The Morgan fingerprint density at radius 1 is 1.21 bits per heavy atom. The molecule has 0 aliphatic heterocycles. The highest BCUT2D eigenvalue weighted by molar-refractivity contribution is 7.22. The van der Waals surface area contributed by atoms with Crippen molar-refractivity contribution in [2.24, 2.45) is 5.92 Å². The van der Waals surface area contributed by atoms with Gasteiger partial charge >= 0.3 is 0 Å². The van der Waals surface area contributed by atoms with Gasteiger partial charge in [-0.2, -0.15) is 0 Å². The number of nitrogens with one attached hydrogen (secondary N) is 1. The van der Waals surface area contributed by atoms with Gasteiger partial charge in [-0.3, -0.25) is 0 Å². The van der Waals surface area contributed by atoms with E-state index in [0.717, 1.165) is 16.6 Å². The molecule has 1 aromatic heterocycles. The van der Waals surface area contributed by atoms with E-state index in [9.17, 15) is 0 Å². The smallest absolute Gasteiger partial charge is 0.184 e. The SMILES string of the molecule is Cc1cccc2sc(NC3CCCC(C)CC3)nc12. The minimum Gasteiger partial charge on any atom is -0.359 e. The molecule has 1 aliphatic carbocycles. The highest BCUT2D eigenvalue weighted by atomic mass is 32.1. The third kappa shape index (κ3) is 2.92. The van der Waals surface area contributed by atoms with E-state index >= 15 is 0 Å². The third-order valence-corrected chi connectivity index (χ3v) is 5.16. The zero-order valence-corrected chi connectivity index (χ0v) is 12.6. The largest absolute Gasteiger partial charge is 0.359 e. The molecule has 0 amide bonds. The molecule has 19 heavy (non-hydrogen) atoms. The Kier molecular flexibility index (Phi) is 3.74. The summed E-state index contributed by atoms with van der Waals surface area (Å²) in [5.41, 5.74) is 2.44. The Morgan fingerprint density at radius 2 is 2.11 bits per heavy atom. The standard InChI is InChI=1S/C16H22N2S/c1-11-5-3-7-13(10-9-11)17-16-18-15-12(2)6-4-8-14(15)19-16/h4,6,8,11,13H,3,5,7,9-10H2,1-2H3,(H,17,18). The second-order valence-corrected chi connectivity index (χ2v) is 6.93. The Morgan fingerprint density at radius 3 is 2.95 bits per heavy atom. The van der Waals surface area contributed by atoms with Crippen molar-refractivity contribution in [3.05, 3.63) is 23.8 Å². The van der Waals surface area contributed by atoms with Crippen LogP contribution in [-0.2, 0) is 0 Å². The van der Waals surface area contributed by atoms with Gasteiger partial charge in [0, 0.05) is 6.04 Å². The molecule has 2 unspecified atom stereocenters. The van der Waals surface area contributed by atoms with Crippen LogP contribution in [0.25, 0.3) is 10.2 Å². The molecule has 3 rings (SSSR count). The van der Waals surface area contributed by atoms with Crippen LogP contribution < -0.4 is 5.32 Å². The number of hydrogen-bond donors (Lipinski definition) is 1. The van der Waals surface area contributed by atoms with Crippen molar-refractivity contribution in [3.63, 3.8) is 0 Å². The van der Waals surface area contributed by atoms with Crippen LogP contribution in [0.5, 0.6) is 0 Å². The summed E-state index contributed by atoms with van der Waals surface area (Å²) in [6, 6.07) is 7.04. The van der Waals surface area contributed by atoms with Crippen molar-refractivity contribution in [1.29, 1.82) is 0 Å². The summed E-state index contributed by atoms with van der Waals surface area (Å²) in [6.07, 6.45) is 6.66. The molecule has 102 valence electrons. The molecule has 1 aromatic carbocycles. The van der Waals surface area contributed by atoms with Crippen molar-refractivity contribution < 1.29 is 0 Å². The molecule has 0 radical (unpaired) electrons. The molecule has 0 saturated heterocycles. The van der Waals surface area contributed by atoms with Gasteiger partial charge in [-0.05, 0) is 43.7 Å². The maximum Gasteiger partial charge on any atom is 0.184 e. The summed E-state index contributed by atoms with van der Waals surface area (Å²) in [5.74, 6) is 0.893. The van der Waals surface area contributed by atoms with E-state index in [4.69, 9.17) is 4.98 Å². The molecule has 1 aliphatic rings. The second kappa shape index (κ2) is 5.49. The molecule has 2 nitrogen and oxygen atoms in total. The van der Waals surface area contributed by atoms with Crippen molar-refractivity contribution in [3.8, 4) is 0 Å². The molecular formula is C16H22N2S. The van der Waals surface area contributed by atoms with Gasteiger partial charge in [-0.15, -0.1) is 0 Å². The number of para-hydroxylation sites is 1. The highest BCUT2D eigenvalue weighted by Crippen LogP contribution is 2.30. The quantitative estimate of drug-likeness (QED) is 0.781. The van der Waals surface area contributed by atoms with E-state index in [1.54, 1.807) is 11.3 Å². The molecule has 1 saturated carbocycles.